The molecule has 0 bridgehead atoms. The maximum atomic E-state index is 12.9. The molecule has 3 aromatic rings. The zero-order valence-electron chi connectivity index (χ0n) is 21.7. The van der Waals surface area contributed by atoms with E-state index in [9.17, 15) is 18.0 Å². The van der Waals surface area contributed by atoms with Gasteiger partial charge in [0, 0.05) is 19.6 Å². The van der Waals surface area contributed by atoms with Crippen molar-refractivity contribution in [3.63, 3.8) is 0 Å². The van der Waals surface area contributed by atoms with Crippen molar-refractivity contribution in [2.75, 3.05) is 33.5 Å². The molecule has 1 aliphatic carbocycles. The Bertz CT molecular complexity index is 1230. The number of carbonyl (C=O) groups is 1. The Morgan fingerprint density at radius 2 is 1.54 bits per heavy atom. The molecular weight excluding hydrogens is 509 g/mol. The SMILES string of the molecule is COCCCC/C(=N\OCCNC(=O)OCC1c2ccccc2-c2ccccc21)c1ccc(C(F)(F)F)cc1. The van der Waals surface area contributed by atoms with E-state index in [-0.39, 0.29) is 25.7 Å². The number of alkyl carbamates (subject to hydrolysis) is 1. The van der Waals surface area contributed by atoms with Crippen LogP contribution in [0.2, 0.25) is 0 Å². The number of halogens is 3. The van der Waals surface area contributed by atoms with E-state index in [0.717, 1.165) is 47.2 Å². The first-order valence-electron chi connectivity index (χ1n) is 12.8. The predicted octanol–water partition coefficient (Wildman–Crippen LogP) is 6.78. The number of rotatable bonds is 12. The molecule has 9 heteroatoms. The first-order valence-corrected chi connectivity index (χ1v) is 12.8. The van der Waals surface area contributed by atoms with E-state index in [1.165, 1.54) is 12.1 Å². The lowest BCUT2D eigenvalue weighted by molar-refractivity contribution is -0.137. The second kappa shape index (κ2) is 13.3. The summed E-state index contributed by atoms with van der Waals surface area (Å²) in [7, 11) is 1.61. The summed E-state index contributed by atoms with van der Waals surface area (Å²) < 4.78 is 49.3. The van der Waals surface area contributed by atoms with Crippen LogP contribution >= 0.6 is 0 Å². The maximum Gasteiger partial charge on any atom is 0.416 e. The molecule has 1 N–H and O–H groups in total. The molecule has 3 aromatic carbocycles. The van der Waals surface area contributed by atoms with Crippen molar-refractivity contribution in [1.29, 1.82) is 0 Å². The zero-order valence-corrected chi connectivity index (χ0v) is 21.7. The Morgan fingerprint density at radius 1 is 0.897 bits per heavy atom. The summed E-state index contributed by atoms with van der Waals surface area (Å²) >= 11 is 0. The highest BCUT2D eigenvalue weighted by Crippen LogP contribution is 2.44. The molecular formula is C30H31F3N2O4. The lowest BCUT2D eigenvalue weighted by Gasteiger charge is -2.14. The van der Waals surface area contributed by atoms with Gasteiger partial charge in [0.1, 0.15) is 13.2 Å². The van der Waals surface area contributed by atoms with Gasteiger partial charge in [0.25, 0.3) is 0 Å². The van der Waals surface area contributed by atoms with Gasteiger partial charge in [-0.05, 0) is 59.2 Å². The van der Waals surface area contributed by atoms with Crippen LogP contribution in [0.3, 0.4) is 0 Å². The Hall–Kier alpha value is -3.85. The fourth-order valence-electron chi connectivity index (χ4n) is 4.60. The van der Waals surface area contributed by atoms with Crippen LogP contribution in [0.1, 0.15) is 47.4 Å². The Labute approximate surface area is 225 Å². The third-order valence-corrected chi connectivity index (χ3v) is 6.54. The van der Waals surface area contributed by atoms with Crippen LogP contribution in [0.5, 0.6) is 0 Å². The summed E-state index contributed by atoms with van der Waals surface area (Å²) in [4.78, 5) is 17.7. The predicted molar refractivity (Wildman–Crippen MR) is 143 cm³/mol. The largest absolute Gasteiger partial charge is 0.449 e. The molecule has 0 spiro atoms. The minimum Gasteiger partial charge on any atom is -0.449 e. The fraction of sp³-hybridized carbons (Fsp3) is 0.333. The highest BCUT2D eigenvalue weighted by molar-refractivity contribution is 6.00. The van der Waals surface area contributed by atoms with Crippen LogP contribution in [0.4, 0.5) is 18.0 Å². The number of oxime groups is 1. The summed E-state index contributed by atoms with van der Waals surface area (Å²) in [6, 6.07) is 21.0. The first kappa shape index (κ1) is 28.2. The molecule has 1 amide bonds. The number of hydrogen-bond acceptors (Lipinski definition) is 5. The van der Waals surface area contributed by atoms with Crippen LogP contribution in [-0.4, -0.2) is 45.3 Å². The monoisotopic (exact) mass is 540 g/mol. The summed E-state index contributed by atoms with van der Waals surface area (Å²) in [5.41, 5.74) is 4.92. The standard InChI is InChI=1S/C30H31F3N2O4/c1-37-18-7-6-12-28(21-13-15-22(16-14-21)30(31,32)33)35-39-19-17-34-29(36)38-20-27-25-10-4-2-8-23(25)24-9-3-5-11-26(24)27/h2-5,8-11,13-16,27H,6-7,12,17-20H2,1H3,(H,34,36)/b35-28+. The number of methoxy groups -OCH3 is 1. The second-order valence-electron chi connectivity index (χ2n) is 9.15. The number of carbonyl (C=O) groups excluding carboxylic acids is 1. The van der Waals surface area contributed by atoms with Gasteiger partial charge in [-0.1, -0.05) is 65.8 Å². The molecule has 4 rings (SSSR count). The molecule has 0 saturated carbocycles. The Kier molecular flexibility index (Phi) is 9.59. The van der Waals surface area contributed by atoms with Crippen molar-refractivity contribution in [2.24, 2.45) is 5.16 Å². The van der Waals surface area contributed by atoms with Gasteiger partial charge in [0.05, 0.1) is 17.8 Å². The van der Waals surface area contributed by atoms with E-state index in [2.05, 4.69) is 34.7 Å². The van der Waals surface area contributed by atoms with E-state index in [1.54, 1.807) is 7.11 Å². The van der Waals surface area contributed by atoms with Crippen molar-refractivity contribution >= 4 is 11.8 Å². The highest BCUT2D eigenvalue weighted by Gasteiger charge is 2.30. The van der Waals surface area contributed by atoms with Crippen molar-refractivity contribution in [2.45, 2.75) is 31.4 Å². The fourth-order valence-corrected chi connectivity index (χ4v) is 4.60. The number of alkyl halides is 3. The molecule has 0 radical (unpaired) electrons. The molecule has 1 aliphatic rings. The van der Waals surface area contributed by atoms with E-state index in [1.807, 2.05) is 24.3 Å². The third kappa shape index (κ3) is 7.38. The topological polar surface area (TPSA) is 69.2 Å². The molecule has 0 atom stereocenters. The van der Waals surface area contributed by atoms with Crippen LogP contribution in [0.25, 0.3) is 11.1 Å². The van der Waals surface area contributed by atoms with E-state index >= 15 is 0 Å². The van der Waals surface area contributed by atoms with Crippen LogP contribution in [-0.2, 0) is 20.5 Å². The van der Waals surface area contributed by atoms with E-state index in [0.29, 0.717) is 24.3 Å². The number of ether oxygens (including phenoxy) is 2. The minimum atomic E-state index is -4.41. The van der Waals surface area contributed by atoms with Gasteiger partial charge >= 0.3 is 12.3 Å². The van der Waals surface area contributed by atoms with Gasteiger partial charge in [-0.3, -0.25) is 0 Å². The van der Waals surface area contributed by atoms with Crippen molar-refractivity contribution in [1.82, 2.24) is 5.32 Å². The molecule has 0 fully saturated rings. The third-order valence-electron chi connectivity index (χ3n) is 6.54. The minimum absolute atomic E-state index is 0.0339. The summed E-state index contributed by atoms with van der Waals surface area (Å²) in [6.07, 6.45) is -2.95. The molecule has 6 nitrogen and oxygen atoms in total. The van der Waals surface area contributed by atoms with Gasteiger partial charge in [-0.15, -0.1) is 0 Å². The average molecular weight is 541 g/mol. The van der Waals surface area contributed by atoms with Crippen LogP contribution in [0, 0.1) is 0 Å². The summed E-state index contributed by atoms with van der Waals surface area (Å²) in [6.45, 7) is 1.01. The van der Waals surface area contributed by atoms with Crippen molar-refractivity contribution in [3.8, 4) is 11.1 Å². The molecule has 0 aromatic heterocycles. The van der Waals surface area contributed by atoms with Gasteiger partial charge in [-0.25, -0.2) is 4.79 Å². The molecule has 206 valence electrons. The molecule has 0 heterocycles. The second-order valence-corrected chi connectivity index (χ2v) is 9.15. The van der Waals surface area contributed by atoms with Crippen LogP contribution in [0.15, 0.2) is 78.0 Å². The van der Waals surface area contributed by atoms with E-state index < -0.39 is 17.8 Å². The first-order chi connectivity index (χ1) is 18.9. The Morgan fingerprint density at radius 3 is 2.15 bits per heavy atom. The number of unbranched alkanes of at least 4 members (excludes halogenated alkanes) is 1. The molecule has 0 saturated heterocycles. The summed E-state index contributed by atoms with van der Waals surface area (Å²) in [5, 5.41) is 6.80. The molecule has 0 unspecified atom stereocenters. The molecule has 39 heavy (non-hydrogen) atoms. The van der Waals surface area contributed by atoms with Crippen molar-refractivity contribution < 1.29 is 32.3 Å². The maximum absolute atomic E-state index is 12.9. The lowest BCUT2D eigenvalue weighted by Crippen LogP contribution is -2.29. The normalized spacial score (nSPS) is 13.1. The number of nitrogens with zero attached hydrogens (tertiary/aromatic N) is 1. The number of benzene rings is 3. The summed E-state index contributed by atoms with van der Waals surface area (Å²) in [5.74, 6) is -0.0339. The number of nitrogens with one attached hydrogen (secondary N) is 1. The molecule has 0 aliphatic heterocycles. The number of hydrogen-bond donors (Lipinski definition) is 1. The average Bonchev–Trinajstić information content (AvgIpc) is 3.26. The Balaban J connectivity index is 1.27. The number of amides is 1. The van der Waals surface area contributed by atoms with Gasteiger partial charge in [0.2, 0.25) is 0 Å². The van der Waals surface area contributed by atoms with Crippen LogP contribution < -0.4 is 5.32 Å². The van der Waals surface area contributed by atoms with Gasteiger partial charge < -0.3 is 19.6 Å². The van der Waals surface area contributed by atoms with E-state index in [4.69, 9.17) is 14.3 Å². The highest BCUT2D eigenvalue weighted by atomic mass is 19.4. The lowest BCUT2D eigenvalue weighted by atomic mass is 9.98. The quantitative estimate of drug-likeness (QED) is 0.156. The number of fused-ring (bicyclic) bond motifs is 3. The van der Waals surface area contributed by atoms with Crippen molar-refractivity contribution in [3.05, 3.63) is 95.1 Å². The van der Waals surface area contributed by atoms with Gasteiger partial charge in [-0.2, -0.15) is 13.2 Å². The smallest absolute Gasteiger partial charge is 0.416 e. The zero-order chi connectivity index (χ0) is 27.7. The van der Waals surface area contributed by atoms with Gasteiger partial charge in [0.15, 0.2) is 0 Å².